The van der Waals surface area contributed by atoms with E-state index in [1.54, 1.807) is 6.92 Å². The third kappa shape index (κ3) is 6.15. The molecule has 0 heterocycles. The van der Waals surface area contributed by atoms with Crippen LogP contribution in [0.15, 0.2) is 42.5 Å². The molecule has 0 aromatic heterocycles. The summed E-state index contributed by atoms with van der Waals surface area (Å²) in [5.41, 5.74) is 0.985. The van der Waals surface area contributed by atoms with Gasteiger partial charge in [-0.25, -0.2) is 9.18 Å². The molecule has 0 fully saturated rings. The molecule has 1 aromatic carbocycles. The third-order valence-corrected chi connectivity index (χ3v) is 2.12. The Kier molecular flexibility index (Phi) is 6.72. The molecule has 0 bridgehead atoms. The molecular weight excluding hydrogens is 235 g/mol. The predicted molar refractivity (Wildman–Crippen MR) is 66.8 cm³/mol. The Labute approximate surface area is 106 Å². The molecule has 1 atom stereocenters. The van der Waals surface area contributed by atoms with Crippen LogP contribution in [0.3, 0.4) is 0 Å². The van der Waals surface area contributed by atoms with Gasteiger partial charge in [0.25, 0.3) is 0 Å². The molecule has 0 aliphatic carbocycles. The van der Waals surface area contributed by atoms with Crippen LogP contribution in [0.4, 0.5) is 4.39 Å². The quantitative estimate of drug-likeness (QED) is 0.553. The van der Waals surface area contributed by atoms with Crippen molar-refractivity contribution in [3.8, 4) is 0 Å². The minimum atomic E-state index is -1.31. The molecule has 3 nitrogen and oxygen atoms in total. The topological polar surface area (TPSA) is 35.5 Å². The minimum absolute atomic E-state index is 0.0786. The van der Waals surface area contributed by atoms with E-state index in [1.165, 1.54) is 0 Å². The fourth-order valence-electron chi connectivity index (χ4n) is 1.29. The smallest absolute Gasteiger partial charge is 0.330 e. The number of halogens is 1. The standard InChI is InChI=1S/C14H17FO3/c1-2-18-14(16)9-8-13(15)11-17-10-12-6-4-3-5-7-12/h3-9,13H,2,10-11H2,1H3/b9-8+/t13-/m0/s1. The van der Waals surface area contributed by atoms with Crippen molar-refractivity contribution in [3.05, 3.63) is 48.0 Å². The molecule has 0 aliphatic rings. The Morgan fingerprint density at radius 2 is 2.11 bits per heavy atom. The second kappa shape index (κ2) is 8.42. The SMILES string of the molecule is CCOC(=O)/C=C/[C@H](F)COCc1ccccc1. The molecule has 98 valence electrons. The number of hydrogen-bond donors (Lipinski definition) is 0. The maximum absolute atomic E-state index is 13.3. The summed E-state index contributed by atoms with van der Waals surface area (Å²) in [7, 11) is 0. The lowest BCUT2D eigenvalue weighted by Crippen LogP contribution is -2.09. The number of carbonyl (C=O) groups is 1. The number of esters is 1. The number of rotatable bonds is 7. The molecular formula is C14H17FO3. The summed E-state index contributed by atoms with van der Waals surface area (Å²) in [6, 6.07) is 9.51. The van der Waals surface area contributed by atoms with Crippen LogP contribution in [-0.4, -0.2) is 25.4 Å². The van der Waals surface area contributed by atoms with Crippen LogP contribution in [0.2, 0.25) is 0 Å². The predicted octanol–water partition coefficient (Wildman–Crippen LogP) is 2.66. The van der Waals surface area contributed by atoms with Gasteiger partial charge in [-0.3, -0.25) is 0 Å². The first-order valence-corrected chi connectivity index (χ1v) is 5.83. The summed E-state index contributed by atoms with van der Waals surface area (Å²) in [6.07, 6.45) is 0.918. The lowest BCUT2D eigenvalue weighted by molar-refractivity contribution is -0.137. The van der Waals surface area contributed by atoms with Crippen molar-refractivity contribution in [3.63, 3.8) is 0 Å². The van der Waals surface area contributed by atoms with E-state index >= 15 is 0 Å². The summed E-state index contributed by atoms with van der Waals surface area (Å²) in [6.45, 7) is 2.26. The highest BCUT2D eigenvalue weighted by atomic mass is 19.1. The van der Waals surface area contributed by atoms with Crippen LogP contribution < -0.4 is 0 Å². The van der Waals surface area contributed by atoms with Gasteiger partial charge >= 0.3 is 5.97 Å². The van der Waals surface area contributed by atoms with E-state index in [0.29, 0.717) is 6.61 Å². The largest absolute Gasteiger partial charge is 0.463 e. The number of carbonyl (C=O) groups excluding carboxylic acids is 1. The van der Waals surface area contributed by atoms with Crippen molar-refractivity contribution in [1.82, 2.24) is 0 Å². The molecule has 0 saturated heterocycles. The van der Waals surface area contributed by atoms with Crippen LogP contribution in [-0.2, 0) is 20.9 Å². The normalized spacial score (nSPS) is 12.6. The van der Waals surface area contributed by atoms with Crippen LogP contribution in [0.25, 0.3) is 0 Å². The Hall–Kier alpha value is -1.68. The number of benzene rings is 1. The average Bonchev–Trinajstić information content (AvgIpc) is 2.38. The minimum Gasteiger partial charge on any atom is -0.463 e. The van der Waals surface area contributed by atoms with Crippen molar-refractivity contribution >= 4 is 5.97 Å². The molecule has 0 spiro atoms. The number of alkyl halides is 1. The molecule has 4 heteroatoms. The van der Waals surface area contributed by atoms with Crippen LogP contribution in [0.1, 0.15) is 12.5 Å². The highest BCUT2D eigenvalue weighted by Crippen LogP contribution is 2.02. The van der Waals surface area contributed by atoms with E-state index in [-0.39, 0.29) is 13.2 Å². The Morgan fingerprint density at radius 3 is 2.78 bits per heavy atom. The van der Waals surface area contributed by atoms with Gasteiger partial charge in [0.2, 0.25) is 0 Å². The van der Waals surface area contributed by atoms with E-state index in [4.69, 9.17) is 4.74 Å². The molecule has 18 heavy (non-hydrogen) atoms. The first-order chi connectivity index (χ1) is 8.72. The monoisotopic (exact) mass is 252 g/mol. The summed E-state index contributed by atoms with van der Waals surface area (Å²) < 4.78 is 23.1. The summed E-state index contributed by atoms with van der Waals surface area (Å²) >= 11 is 0. The molecule has 0 saturated carbocycles. The lowest BCUT2D eigenvalue weighted by atomic mass is 10.2. The van der Waals surface area contributed by atoms with Crippen LogP contribution in [0.5, 0.6) is 0 Å². The van der Waals surface area contributed by atoms with Gasteiger partial charge in [-0.15, -0.1) is 0 Å². The van der Waals surface area contributed by atoms with Crippen LogP contribution >= 0.6 is 0 Å². The first-order valence-electron chi connectivity index (χ1n) is 5.83. The number of ether oxygens (including phenoxy) is 2. The van der Waals surface area contributed by atoms with Gasteiger partial charge < -0.3 is 9.47 Å². The molecule has 0 unspecified atom stereocenters. The van der Waals surface area contributed by atoms with E-state index < -0.39 is 12.1 Å². The molecule has 0 amide bonds. The van der Waals surface area contributed by atoms with Crippen LogP contribution in [0, 0.1) is 0 Å². The molecule has 0 N–H and O–H groups in total. The zero-order chi connectivity index (χ0) is 13.2. The van der Waals surface area contributed by atoms with Gasteiger partial charge in [0.1, 0.15) is 6.17 Å². The zero-order valence-electron chi connectivity index (χ0n) is 10.3. The Morgan fingerprint density at radius 1 is 1.39 bits per heavy atom. The fourth-order valence-corrected chi connectivity index (χ4v) is 1.29. The Balaban J connectivity index is 2.21. The zero-order valence-corrected chi connectivity index (χ0v) is 10.3. The number of hydrogen-bond acceptors (Lipinski definition) is 3. The molecule has 1 rings (SSSR count). The van der Waals surface area contributed by atoms with Gasteiger partial charge in [-0.2, -0.15) is 0 Å². The van der Waals surface area contributed by atoms with Crippen molar-refractivity contribution in [2.45, 2.75) is 19.7 Å². The average molecular weight is 252 g/mol. The van der Waals surface area contributed by atoms with Gasteiger partial charge in [0.05, 0.1) is 19.8 Å². The van der Waals surface area contributed by atoms with Gasteiger partial charge in [-0.05, 0) is 18.6 Å². The van der Waals surface area contributed by atoms with Crippen molar-refractivity contribution in [2.24, 2.45) is 0 Å². The van der Waals surface area contributed by atoms with E-state index in [2.05, 4.69) is 4.74 Å². The molecule has 0 radical (unpaired) electrons. The second-order valence-electron chi connectivity index (χ2n) is 3.63. The maximum atomic E-state index is 13.3. The summed E-state index contributed by atoms with van der Waals surface area (Å²) in [5, 5.41) is 0. The third-order valence-electron chi connectivity index (χ3n) is 2.12. The summed E-state index contributed by atoms with van der Waals surface area (Å²) in [5.74, 6) is -0.539. The first kappa shape index (κ1) is 14.4. The van der Waals surface area contributed by atoms with E-state index in [0.717, 1.165) is 17.7 Å². The van der Waals surface area contributed by atoms with Crippen molar-refractivity contribution in [2.75, 3.05) is 13.2 Å². The molecule has 0 aliphatic heterocycles. The van der Waals surface area contributed by atoms with Gasteiger partial charge in [0, 0.05) is 6.08 Å². The van der Waals surface area contributed by atoms with Crippen molar-refractivity contribution in [1.29, 1.82) is 0 Å². The second-order valence-corrected chi connectivity index (χ2v) is 3.63. The van der Waals surface area contributed by atoms with E-state index in [9.17, 15) is 9.18 Å². The highest BCUT2D eigenvalue weighted by molar-refractivity contribution is 5.81. The molecule has 1 aromatic rings. The van der Waals surface area contributed by atoms with E-state index in [1.807, 2.05) is 30.3 Å². The highest BCUT2D eigenvalue weighted by Gasteiger charge is 2.03. The lowest BCUT2D eigenvalue weighted by Gasteiger charge is -2.05. The van der Waals surface area contributed by atoms with Crippen molar-refractivity contribution < 1.29 is 18.7 Å². The van der Waals surface area contributed by atoms with Gasteiger partial charge in [0.15, 0.2) is 0 Å². The van der Waals surface area contributed by atoms with Gasteiger partial charge in [-0.1, -0.05) is 30.3 Å². The summed E-state index contributed by atoms with van der Waals surface area (Å²) in [4.78, 5) is 10.9. The Bertz CT molecular complexity index is 376. The maximum Gasteiger partial charge on any atom is 0.330 e. The fraction of sp³-hybridized carbons (Fsp3) is 0.357.